The van der Waals surface area contributed by atoms with E-state index in [-0.39, 0.29) is 25.1 Å². The molecule has 25 heavy (non-hydrogen) atoms. The lowest BCUT2D eigenvalue weighted by atomic mass is 10.0. The molecule has 0 aliphatic heterocycles. The lowest BCUT2D eigenvalue weighted by molar-refractivity contribution is 0.196. The average molecular weight is 345 g/mol. The van der Waals surface area contributed by atoms with Gasteiger partial charge >= 0.3 is 0 Å². The molecule has 0 aromatic heterocycles. The van der Waals surface area contributed by atoms with E-state index in [1.807, 2.05) is 24.3 Å². The van der Waals surface area contributed by atoms with E-state index in [0.717, 1.165) is 17.5 Å². The number of aliphatic hydroxyl groups is 1. The molecular formula is C20H24FNO3. The maximum Gasteiger partial charge on any atom is 0.161 e. The van der Waals surface area contributed by atoms with Gasteiger partial charge in [0.2, 0.25) is 0 Å². The summed E-state index contributed by atoms with van der Waals surface area (Å²) in [5.41, 5.74) is 3.34. The molecule has 2 atom stereocenters. The van der Waals surface area contributed by atoms with Crippen LogP contribution in [0, 0.1) is 11.7 Å². The Bertz CT molecular complexity index is 735. The van der Waals surface area contributed by atoms with Crippen LogP contribution in [0.3, 0.4) is 0 Å². The van der Waals surface area contributed by atoms with Crippen molar-refractivity contribution in [2.75, 3.05) is 20.3 Å². The van der Waals surface area contributed by atoms with Gasteiger partial charge in [-0.3, -0.25) is 0 Å². The monoisotopic (exact) mass is 345 g/mol. The first-order chi connectivity index (χ1) is 12.1. The summed E-state index contributed by atoms with van der Waals surface area (Å²) in [5, 5.41) is 12.4. The van der Waals surface area contributed by atoms with Gasteiger partial charge in [-0.25, -0.2) is 4.39 Å². The van der Waals surface area contributed by atoms with E-state index in [1.54, 1.807) is 13.2 Å². The maximum absolute atomic E-state index is 13.6. The largest absolute Gasteiger partial charge is 0.493 e. The number of rotatable bonds is 7. The minimum absolute atomic E-state index is 0.0397. The van der Waals surface area contributed by atoms with Gasteiger partial charge in [-0.05, 0) is 53.3 Å². The normalized spacial score (nSPS) is 18.9. The molecule has 3 rings (SSSR count). The van der Waals surface area contributed by atoms with Gasteiger partial charge in [0.25, 0.3) is 0 Å². The van der Waals surface area contributed by atoms with Crippen molar-refractivity contribution in [3.63, 3.8) is 0 Å². The highest BCUT2D eigenvalue weighted by Gasteiger charge is 2.29. The van der Waals surface area contributed by atoms with Crippen LogP contribution in [0.4, 0.5) is 4.39 Å². The van der Waals surface area contributed by atoms with E-state index >= 15 is 0 Å². The molecule has 0 saturated heterocycles. The van der Waals surface area contributed by atoms with Gasteiger partial charge in [-0.1, -0.05) is 19.1 Å². The summed E-state index contributed by atoms with van der Waals surface area (Å²) in [5.74, 6) is 1.48. The van der Waals surface area contributed by atoms with Gasteiger partial charge in [0.15, 0.2) is 11.5 Å². The first-order valence-corrected chi connectivity index (χ1v) is 8.54. The molecule has 0 radical (unpaired) electrons. The van der Waals surface area contributed by atoms with E-state index in [4.69, 9.17) is 14.6 Å². The molecule has 0 bridgehead atoms. The van der Waals surface area contributed by atoms with Crippen molar-refractivity contribution in [3.8, 4) is 11.5 Å². The Morgan fingerprint density at radius 3 is 2.80 bits per heavy atom. The van der Waals surface area contributed by atoms with Crippen LogP contribution in [0.25, 0.3) is 0 Å². The molecule has 0 fully saturated rings. The van der Waals surface area contributed by atoms with Crippen molar-refractivity contribution in [3.05, 3.63) is 58.9 Å². The summed E-state index contributed by atoms with van der Waals surface area (Å²) in [7, 11) is 1.59. The fourth-order valence-electron chi connectivity index (χ4n) is 3.45. The van der Waals surface area contributed by atoms with Gasteiger partial charge in [0.1, 0.15) is 12.4 Å². The number of nitrogens with one attached hydrogen (secondary N) is 1. The summed E-state index contributed by atoms with van der Waals surface area (Å²) in [6, 6.07) is 10.9. The fraction of sp³-hybridized carbons (Fsp3) is 0.400. The van der Waals surface area contributed by atoms with Crippen LogP contribution in [0.2, 0.25) is 0 Å². The molecule has 5 heteroatoms. The predicted molar refractivity (Wildman–Crippen MR) is 94.4 cm³/mol. The second kappa shape index (κ2) is 7.85. The zero-order valence-electron chi connectivity index (χ0n) is 14.6. The number of methoxy groups -OCH3 is 1. The highest BCUT2D eigenvalue weighted by Crippen LogP contribution is 2.36. The molecule has 2 N–H and O–H groups in total. The molecule has 0 unspecified atom stereocenters. The second-order valence-electron chi connectivity index (χ2n) is 6.44. The minimum atomic E-state index is -0.188. The van der Waals surface area contributed by atoms with E-state index in [0.29, 0.717) is 24.0 Å². The quantitative estimate of drug-likeness (QED) is 0.809. The van der Waals surface area contributed by atoms with Crippen molar-refractivity contribution < 1.29 is 19.0 Å². The van der Waals surface area contributed by atoms with Gasteiger partial charge in [-0.2, -0.15) is 0 Å². The highest BCUT2D eigenvalue weighted by atomic mass is 19.1. The van der Waals surface area contributed by atoms with Crippen molar-refractivity contribution in [1.82, 2.24) is 5.32 Å². The Hall–Kier alpha value is -2.11. The van der Waals surface area contributed by atoms with E-state index in [2.05, 4.69) is 12.2 Å². The molecule has 0 saturated carbocycles. The number of ether oxygens (including phenoxy) is 2. The van der Waals surface area contributed by atoms with Gasteiger partial charge in [-0.15, -0.1) is 0 Å². The highest BCUT2D eigenvalue weighted by molar-refractivity contribution is 5.43. The third kappa shape index (κ3) is 3.94. The van der Waals surface area contributed by atoms with E-state index in [9.17, 15) is 4.39 Å². The van der Waals surface area contributed by atoms with Crippen LogP contribution < -0.4 is 14.8 Å². The second-order valence-corrected chi connectivity index (χ2v) is 6.44. The van der Waals surface area contributed by atoms with Crippen LogP contribution in [0.15, 0.2) is 36.4 Å². The summed E-state index contributed by atoms with van der Waals surface area (Å²) in [6.07, 6.45) is 0.963. The van der Waals surface area contributed by atoms with Crippen molar-refractivity contribution >= 4 is 0 Å². The fourth-order valence-corrected chi connectivity index (χ4v) is 3.45. The van der Waals surface area contributed by atoms with E-state index < -0.39 is 0 Å². The first kappa shape index (κ1) is 17.7. The first-order valence-electron chi connectivity index (χ1n) is 8.54. The number of hydrogen-bond acceptors (Lipinski definition) is 4. The number of hydrogen-bond donors (Lipinski definition) is 2. The lowest BCUT2D eigenvalue weighted by Crippen LogP contribution is -2.23. The van der Waals surface area contributed by atoms with Crippen LogP contribution in [0.1, 0.15) is 29.7 Å². The van der Waals surface area contributed by atoms with Gasteiger partial charge in [0.05, 0.1) is 13.7 Å². The minimum Gasteiger partial charge on any atom is -0.493 e. The zero-order valence-corrected chi connectivity index (χ0v) is 14.6. The Kier molecular flexibility index (Phi) is 5.56. The Morgan fingerprint density at radius 1 is 1.20 bits per heavy atom. The molecular weight excluding hydrogens is 321 g/mol. The Balaban J connectivity index is 1.71. The summed E-state index contributed by atoms with van der Waals surface area (Å²) < 4.78 is 24.4. The molecule has 134 valence electrons. The van der Waals surface area contributed by atoms with Crippen molar-refractivity contribution in [1.29, 1.82) is 0 Å². The lowest BCUT2D eigenvalue weighted by Gasteiger charge is -2.19. The number of aliphatic hydroxyl groups excluding tert-OH is 1. The SMILES string of the molecule is COc1cc(CN[C@@H]2c3cc(F)ccc3C[C@H]2C)ccc1OCCO. The third-order valence-corrected chi connectivity index (χ3v) is 4.66. The maximum atomic E-state index is 13.6. The number of halogens is 1. The van der Waals surface area contributed by atoms with Crippen LogP contribution in [-0.2, 0) is 13.0 Å². The van der Waals surface area contributed by atoms with Crippen molar-refractivity contribution in [2.24, 2.45) is 5.92 Å². The zero-order chi connectivity index (χ0) is 17.8. The summed E-state index contributed by atoms with van der Waals surface area (Å²) in [6.45, 7) is 3.03. The standard InChI is InChI=1S/C20H24FNO3/c1-13-9-15-4-5-16(21)11-17(15)20(13)22-12-14-3-6-18(25-8-7-23)19(10-14)24-2/h3-6,10-11,13,20,22-23H,7-9,12H2,1-2H3/t13-,20+/m1/s1. The number of fused-ring (bicyclic) bond motifs is 1. The third-order valence-electron chi connectivity index (χ3n) is 4.66. The molecule has 2 aromatic rings. The molecule has 1 aliphatic carbocycles. The average Bonchev–Trinajstić information content (AvgIpc) is 2.93. The van der Waals surface area contributed by atoms with Crippen molar-refractivity contribution in [2.45, 2.75) is 25.9 Å². The van der Waals surface area contributed by atoms with Crippen LogP contribution >= 0.6 is 0 Å². The molecule has 0 spiro atoms. The van der Waals surface area contributed by atoms with Crippen LogP contribution in [-0.4, -0.2) is 25.4 Å². The summed E-state index contributed by atoms with van der Waals surface area (Å²) in [4.78, 5) is 0. The van der Waals surface area contributed by atoms with Crippen LogP contribution in [0.5, 0.6) is 11.5 Å². The molecule has 0 heterocycles. The van der Waals surface area contributed by atoms with E-state index in [1.165, 1.54) is 11.6 Å². The smallest absolute Gasteiger partial charge is 0.161 e. The number of benzene rings is 2. The molecule has 1 aliphatic rings. The summed E-state index contributed by atoms with van der Waals surface area (Å²) >= 11 is 0. The molecule has 2 aromatic carbocycles. The molecule has 4 nitrogen and oxygen atoms in total. The Labute approximate surface area is 147 Å². The Morgan fingerprint density at radius 2 is 2.04 bits per heavy atom. The molecule has 0 amide bonds. The topological polar surface area (TPSA) is 50.7 Å². The predicted octanol–water partition coefficient (Wildman–Crippen LogP) is 3.23. The van der Waals surface area contributed by atoms with Gasteiger partial charge < -0.3 is 19.9 Å². The van der Waals surface area contributed by atoms with Gasteiger partial charge in [0, 0.05) is 12.6 Å².